The summed E-state index contributed by atoms with van der Waals surface area (Å²) < 4.78 is 0. The molecule has 2 unspecified atom stereocenters. The zero-order valence-electron chi connectivity index (χ0n) is 13.9. The average molecular weight is 323 g/mol. The molecule has 0 spiro atoms. The molecule has 0 aliphatic carbocycles. The standard InChI is InChI=1S/C18H21N5O/c1-3-11(2)14-18(24)22-15-16(21-14)19-10-20-17(15)23-9-8-12-6-4-5-7-13(12)23/h4-7,10-11,14H,3,8-9H2,1-2H3,(H,22,24)(H,19,20,21). The number of nitrogens with zero attached hydrogens (tertiary/aromatic N) is 3. The lowest BCUT2D eigenvalue weighted by Crippen LogP contribution is -2.44. The minimum absolute atomic E-state index is 0.0135. The molecule has 1 aromatic heterocycles. The Labute approximate surface area is 141 Å². The molecule has 2 aliphatic rings. The van der Waals surface area contributed by atoms with Crippen molar-refractivity contribution >= 4 is 28.9 Å². The first-order chi connectivity index (χ1) is 11.7. The quantitative estimate of drug-likeness (QED) is 0.909. The van der Waals surface area contributed by atoms with Crippen LogP contribution in [0.5, 0.6) is 0 Å². The number of para-hydroxylation sites is 1. The summed E-state index contributed by atoms with van der Waals surface area (Å²) in [6.07, 6.45) is 3.47. The number of hydrogen-bond acceptors (Lipinski definition) is 5. The Bertz CT molecular complexity index is 791. The van der Waals surface area contributed by atoms with Crippen LogP contribution >= 0.6 is 0 Å². The molecule has 2 aliphatic heterocycles. The predicted octanol–water partition coefficient (Wildman–Crippen LogP) is 2.95. The highest BCUT2D eigenvalue weighted by atomic mass is 16.2. The van der Waals surface area contributed by atoms with Gasteiger partial charge in [0.05, 0.1) is 0 Å². The summed E-state index contributed by atoms with van der Waals surface area (Å²) in [5, 5.41) is 6.33. The molecule has 0 radical (unpaired) electrons. The van der Waals surface area contributed by atoms with Crippen LogP contribution < -0.4 is 15.5 Å². The molecule has 2 atom stereocenters. The number of carbonyl (C=O) groups excluding carboxylic acids is 1. The van der Waals surface area contributed by atoms with E-state index in [1.165, 1.54) is 5.56 Å². The molecule has 1 aromatic carbocycles. The number of anilines is 4. The summed E-state index contributed by atoms with van der Waals surface area (Å²) in [6.45, 7) is 5.01. The molecule has 4 rings (SSSR count). The molecule has 24 heavy (non-hydrogen) atoms. The van der Waals surface area contributed by atoms with Gasteiger partial charge in [-0.05, 0) is 24.0 Å². The molecule has 0 saturated heterocycles. The second-order valence-electron chi connectivity index (χ2n) is 6.45. The molecule has 2 N–H and O–H groups in total. The number of benzene rings is 1. The molecule has 6 nitrogen and oxygen atoms in total. The molecule has 0 bridgehead atoms. The fourth-order valence-electron chi connectivity index (χ4n) is 3.41. The van der Waals surface area contributed by atoms with Crippen LogP contribution in [0.1, 0.15) is 25.8 Å². The van der Waals surface area contributed by atoms with Crippen molar-refractivity contribution in [2.45, 2.75) is 32.7 Å². The highest BCUT2D eigenvalue weighted by molar-refractivity contribution is 6.05. The van der Waals surface area contributed by atoms with Crippen molar-refractivity contribution in [3.63, 3.8) is 0 Å². The monoisotopic (exact) mass is 323 g/mol. The van der Waals surface area contributed by atoms with Gasteiger partial charge in [-0.3, -0.25) is 4.79 Å². The van der Waals surface area contributed by atoms with Gasteiger partial charge in [-0.2, -0.15) is 0 Å². The first kappa shape index (κ1) is 14.9. The number of rotatable bonds is 3. The minimum Gasteiger partial charge on any atom is -0.356 e. The van der Waals surface area contributed by atoms with Gasteiger partial charge in [0.15, 0.2) is 11.6 Å². The summed E-state index contributed by atoms with van der Waals surface area (Å²) in [6, 6.07) is 8.06. The van der Waals surface area contributed by atoms with Crippen molar-refractivity contribution in [2.24, 2.45) is 5.92 Å². The summed E-state index contributed by atoms with van der Waals surface area (Å²) in [4.78, 5) is 23.5. The number of hydrogen-bond donors (Lipinski definition) is 2. The Morgan fingerprint density at radius 1 is 1.33 bits per heavy atom. The van der Waals surface area contributed by atoms with Gasteiger partial charge < -0.3 is 15.5 Å². The van der Waals surface area contributed by atoms with E-state index < -0.39 is 0 Å². The van der Waals surface area contributed by atoms with Crippen molar-refractivity contribution in [1.82, 2.24) is 9.97 Å². The van der Waals surface area contributed by atoms with E-state index in [1.807, 2.05) is 6.07 Å². The lowest BCUT2D eigenvalue weighted by Gasteiger charge is -2.31. The maximum Gasteiger partial charge on any atom is 0.247 e. The molecule has 1 amide bonds. The number of aromatic nitrogens is 2. The molecule has 2 aromatic rings. The highest BCUT2D eigenvalue weighted by Crippen LogP contribution is 2.40. The summed E-state index contributed by atoms with van der Waals surface area (Å²) in [5.41, 5.74) is 3.13. The maximum atomic E-state index is 12.5. The number of fused-ring (bicyclic) bond motifs is 2. The number of nitrogens with one attached hydrogen (secondary N) is 2. The van der Waals surface area contributed by atoms with E-state index in [1.54, 1.807) is 6.33 Å². The van der Waals surface area contributed by atoms with E-state index in [9.17, 15) is 4.79 Å². The Balaban J connectivity index is 1.73. The minimum atomic E-state index is -0.254. The van der Waals surface area contributed by atoms with E-state index in [2.05, 4.69) is 57.5 Å². The highest BCUT2D eigenvalue weighted by Gasteiger charge is 2.34. The van der Waals surface area contributed by atoms with Gasteiger partial charge in [0.25, 0.3) is 0 Å². The summed E-state index contributed by atoms with van der Waals surface area (Å²) >= 11 is 0. The Morgan fingerprint density at radius 2 is 2.17 bits per heavy atom. The van der Waals surface area contributed by atoms with Crippen molar-refractivity contribution in [3.8, 4) is 0 Å². The fourth-order valence-corrected chi connectivity index (χ4v) is 3.41. The van der Waals surface area contributed by atoms with Gasteiger partial charge in [-0.15, -0.1) is 0 Å². The molecule has 0 saturated carbocycles. The molecule has 6 heteroatoms. The summed E-state index contributed by atoms with van der Waals surface area (Å²) in [5.74, 6) is 1.69. The van der Waals surface area contributed by atoms with Gasteiger partial charge >= 0.3 is 0 Å². The Morgan fingerprint density at radius 3 is 3.00 bits per heavy atom. The number of amides is 1. The number of carbonyl (C=O) groups is 1. The van der Waals surface area contributed by atoms with Crippen LogP contribution in [0.3, 0.4) is 0 Å². The smallest absolute Gasteiger partial charge is 0.247 e. The van der Waals surface area contributed by atoms with Gasteiger partial charge in [-0.25, -0.2) is 9.97 Å². The van der Waals surface area contributed by atoms with Crippen LogP contribution in [0.2, 0.25) is 0 Å². The largest absolute Gasteiger partial charge is 0.356 e. The van der Waals surface area contributed by atoms with Crippen LogP contribution in [-0.2, 0) is 11.2 Å². The molecule has 3 heterocycles. The topological polar surface area (TPSA) is 70.2 Å². The van der Waals surface area contributed by atoms with Crippen molar-refractivity contribution in [2.75, 3.05) is 22.1 Å². The van der Waals surface area contributed by atoms with Gasteiger partial charge in [0, 0.05) is 12.2 Å². The van der Waals surface area contributed by atoms with Crippen LogP contribution in [0.4, 0.5) is 23.0 Å². The molecule has 124 valence electrons. The lowest BCUT2D eigenvalue weighted by atomic mass is 9.97. The second-order valence-corrected chi connectivity index (χ2v) is 6.45. The average Bonchev–Trinajstić information content (AvgIpc) is 3.04. The Hall–Kier alpha value is -2.63. The van der Waals surface area contributed by atoms with Gasteiger partial charge in [0.1, 0.15) is 18.1 Å². The van der Waals surface area contributed by atoms with E-state index in [-0.39, 0.29) is 17.9 Å². The zero-order chi connectivity index (χ0) is 16.7. The molecular formula is C18H21N5O. The van der Waals surface area contributed by atoms with E-state index in [0.29, 0.717) is 11.5 Å². The SMILES string of the molecule is CCC(C)C1Nc2ncnc(N3CCc4ccccc43)c2NC1=O. The second kappa shape index (κ2) is 5.78. The normalized spacial score (nSPS) is 20.0. The third-order valence-corrected chi connectivity index (χ3v) is 5.01. The summed E-state index contributed by atoms with van der Waals surface area (Å²) in [7, 11) is 0. The van der Waals surface area contributed by atoms with Crippen LogP contribution in [0.25, 0.3) is 0 Å². The van der Waals surface area contributed by atoms with Crippen LogP contribution in [0, 0.1) is 5.92 Å². The van der Waals surface area contributed by atoms with Crippen molar-refractivity contribution in [3.05, 3.63) is 36.2 Å². The fraction of sp³-hybridized carbons (Fsp3) is 0.389. The van der Waals surface area contributed by atoms with Crippen LogP contribution in [0.15, 0.2) is 30.6 Å². The Kier molecular flexibility index (Phi) is 3.59. The maximum absolute atomic E-state index is 12.5. The third-order valence-electron chi connectivity index (χ3n) is 5.01. The molecular weight excluding hydrogens is 302 g/mol. The van der Waals surface area contributed by atoms with Crippen LogP contribution in [-0.4, -0.2) is 28.5 Å². The van der Waals surface area contributed by atoms with Crippen molar-refractivity contribution in [1.29, 1.82) is 0 Å². The van der Waals surface area contributed by atoms with E-state index in [4.69, 9.17) is 0 Å². The predicted molar refractivity (Wildman–Crippen MR) is 94.7 cm³/mol. The van der Waals surface area contributed by atoms with Crippen molar-refractivity contribution < 1.29 is 4.79 Å². The van der Waals surface area contributed by atoms with Gasteiger partial charge in [-0.1, -0.05) is 38.5 Å². The van der Waals surface area contributed by atoms with E-state index in [0.717, 1.165) is 30.9 Å². The van der Waals surface area contributed by atoms with Gasteiger partial charge in [0.2, 0.25) is 5.91 Å². The zero-order valence-corrected chi connectivity index (χ0v) is 13.9. The third kappa shape index (κ3) is 2.29. The first-order valence-electron chi connectivity index (χ1n) is 8.47. The molecule has 0 fully saturated rings. The first-order valence-corrected chi connectivity index (χ1v) is 8.47. The van der Waals surface area contributed by atoms with E-state index >= 15 is 0 Å². The lowest BCUT2D eigenvalue weighted by molar-refractivity contribution is -0.118.